The molecule has 0 saturated heterocycles. The molecule has 1 aromatic carbocycles. The van der Waals surface area contributed by atoms with Crippen molar-refractivity contribution in [1.29, 1.82) is 0 Å². The Morgan fingerprint density at radius 3 is 2.59 bits per heavy atom. The van der Waals surface area contributed by atoms with Gasteiger partial charge in [0.1, 0.15) is 5.82 Å². The molecule has 1 atom stereocenters. The van der Waals surface area contributed by atoms with Gasteiger partial charge in [0, 0.05) is 4.47 Å². The van der Waals surface area contributed by atoms with Crippen molar-refractivity contribution in [3.63, 3.8) is 0 Å². The van der Waals surface area contributed by atoms with E-state index in [1.54, 1.807) is 0 Å². The van der Waals surface area contributed by atoms with E-state index in [2.05, 4.69) is 59.7 Å². The maximum Gasteiger partial charge on any atom is 0.124 e. The number of hydrogen-bond donors (Lipinski definition) is 2. The summed E-state index contributed by atoms with van der Waals surface area (Å²) in [7, 11) is 0. The largest absolute Gasteiger partial charge is 0.341 e. The lowest BCUT2D eigenvalue weighted by atomic mass is 9.87. The third-order valence-corrected chi connectivity index (χ3v) is 3.45. The van der Waals surface area contributed by atoms with Crippen molar-refractivity contribution in [2.75, 3.05) is 0 Å². The predicted molar refractivity (Wildman–Crippen MR) is 74.9 cm³/mol. The average Bonchev–Trinajstić information content (AvgIpc) is 2.58. The van der Waals surface area contributed by atoms with Crippen molar-refractivity contribution >= 4 is 27.0 Å². The van der Waals surface area contributed by atoms with Crippen LogP contribution in [0.3, 0.4) is 0 Å². The summed E-state index contributed by atoms with van der Waals surface area (Å²) >= 11 is 3.49. The first-order chi connectivity index (χ1) is 7.79. The molecule has 0 saturated carbocycles. The fourth-order valence-electron chi connectivity index (χ4n) is 1.82. The Hall–Kier alpha value is -0.870. The van der Waals surface area contributed by atoms with Gasteiger partial charge in [0.2, 0.25) is 0 Å². The second-order valence-electron chi connectivity index (χ2n) is 5.58. The Morgan fingerprint density at radius 1 is 1.35 bits per heavy atom. The molecule has 92 valence electrons. The molecule has 0 aliphatic rings. The molecule has 0 fully saturated rings. The Morgan fingerprint density at radius 2 is 2.00 bits per heavy atom. The fraction of sp³-hybridized carbons (Fsp3) is 0.462. The van der Waals surface area contributed by atoms with Crippen molar-refractivity contribution in [2.45, 2.75) is 33.7 Å². The minimum absolute atomic E-state index is 0.000979. The van der Waals surface area contributed by atoms with Gasteiger partial charge in [-0.05, 0) is 30.0 Å². The van der Waals surface area contributed by atoms with E-state index >= 15 is 0 Å². The Balaban J connectivity index is 2.56. The summed E-state index contributed by atoms with van der Waals surface area (Å²) < 4.78 is 1.06. The van der Waals surface area contributed by atoms with Gasteiger partial charge in [-0.25, -0.2) is 4.98 Å². The molecule has 3 N–H and O–H groups in total. The number of nitrogens with one attached hydrogen (secondary N) is 1. The summed E-state index contributed by atoms with van der Waals surface area (Å²) in [6, 6.07) is 4.01. The summed E-state index contributed by atoms with van der Waals surface area (Å²) in [4.78, 5) is 7.94. The smallest absolute Gasteiger partial charge is 0.124 e. The molecule has 0 aliphatic heterocycles. The van der Waals surface area contributed by atoms with Gasteiger partial charge < -0.3 is 10.7 Å². The monoisotopic (exact) mass is 295 g/mol. The van der Waals surface area contributed by atoms with Gasteiger partial charge in [0.15, 0.2) is 0 Å². The maximum absolute atomic E-state index is 6.22. The van der Waals surface area contributed by atoms with Crippen LogP contribution >= 0.6 is 15.9 Å². The first-order valence-electron chi connectivity index (χ1n) is 5.70. The summed E-state index contributed by atoms with van der Waals surface area (Å²) in [5, 5.41) is 0. The Kier molecular flexibility index (Phi) is 3.04. The fourth-order valence-corrected chi connectivity index (χ4v) is 2.40. The van der Waals surface area contributed by atoms with Crippen molar-refractivity contribution in [2.24, 2.45) is 11.1 Å². The van der Waals surface area contributed by atoms with E-state index in [0.29, 0.717) is 0 Å². The van der Waals surface area contributed by atoms with Crippen LogP contribution in [-0.2, 0) is 0 Å². The number of fused-ring (bicyclic) bond motifs is 1. The molecular formula is C13H18BrN3. The SMILES string of the molecule is Cc1cc(Br)cc2[nH]c(C(N)C(C)(C)C)nc12. The molecule has 1 heterocycles. The first kappa shape index (κ1) is 12.6. The molecule has 1 unspecified atom stereocenters. The Bertz CT molecular complexity index is 552. The van der Waals surface area contributed by atoms with Crippen LogP contribution in [0.2, 0.25) is 0 Å². The van der Waals surface area contributed by atoms with E-state index in [1.807, 2.05) is 6.07 Å². The second-order valence-corrected chi connectivity index (χ2v) is 6.50. The minimum atomic E-state index is -0.0897. The highest BCUT2D eigenvalue weighted by atomic mass is 79.9. The normalized spacial score (nSPS) is 14.2. The highest BCUT2D eigenvalue weighted by molar-refractivity contribution is 9.10. The highest BCUT2D eigenvalue weighted by Gasteiger charge is 2.25. The lowest BCUT2D eigenvalue weighted by Gasteiger charge is -2.24. The number of aromatic nitrogens is 2. The van der Waals surface area contributed by atoms with E-state index in [-0.39, 0.29) is 11.5 Å². The van der Waals surface area contributed by atoms with E-state index in [1.165, 1.54) is 0 Å². The molecule has 0 spiro atoms. The number of imidazole rings is 1. The number of nitrogens with zero attached hydrogens (tertiary/aromatic N) is 1. The molecule has 17 heavy (non-hydrogen) atoms. The number of halogens is 1. The highest BCUT2D eigenvalue weighted by Crippen LogP contribution is 2.31. The molecule has 2 rings (SSSR count). The summed E-state index contributed by atoms with van der Waals surface area (Å²) in [6.45, 7) is 8.41. The van der Waals surface area contributed by atoms with Crippen LogP contribution in [0.5, 0.6) is 0 Å². The second kappa shape index (κ2) is 4.10. The van der Waals surface area contributed by atoms with E-state index < -0.39 is 0 Å². The lowest BCUT2D eigenvalue weighted by Crippen LogP contribution is -2.27. The number of nitrogens with two attached hydrogens (primary N) is 1. The zero-order valence-corrected chi connectivity index (χ0v) is 12.2. The number of aryl methyl sites for hydroxylation is 1. The van der Waals surface area contributed by atoms with Crippen LogP contribution in [0.1, 0.15) is 38.2 Å². The maximum atomic E-state index is 6.22. The molecule has 0 bridgehead atoms. The summed E-state index contributed by atoms with van der Waals surface area (Å²) in [6.07, 6.45) is 0. The molecular weight excluding hydrogens is 278 g/mol. The van der Waals surface area contributed by atoms with Gasteiger partial charge in [-0.1, -0.05) is 36.7 Å². The van der Waals surface area contributed by atoms with Gasteiger partial charge in [0.25, 0.3) is 0 Å². The average molecular weight is 296 g/mol. The minimum Gasteiger partial charge on any atom is -0.341 e. The van der Waals surface area contributed by atoms with Crippen LogP contribution in [-0.4, -0.2) is 9.97 Å². The van der Waals surface area contributed by atoms with Gasteiger partial charge in [-0.2, -0.15) is 0 Å². The molecule has 0 aliphatic carbocycles. The zero-order chi connectivity index (χ0) is 12.8. The van der Waals surface area contributed by atoms with Gasteiger partial charge >= 0.3 is 0 Å². The number of benzene rings is 1. The molecule has 2 aromatic rings. The topological polar surface area (TPSA) is 54.7 Å². The molecule has 4 heteroatoms. The Labute approximate surface area is 110 Å². The molecule has 3 nitrogen and oxygen atoms in total. The molecule has 0 radical (unpaired) electrons. The quantitative estimate of drug-likeness (QED) is 0.843. The predicted octanol–water partition coefficient (Wildman–Crippen LogP) is 3.68. The van der Waals surface area contributed by atoms with Crippen molar-refractivity contribution in [3.05, 3.63) is 28.0 Å². The van der Waals surface area contributed by atoms with E-state index in [4.69, 9.17) is 5.73 Å². The standard InChI is InChI=1S/C13H18BrN3/c1-7-5-8(14)6-9-10(7)17-12(16-9)11(15)13(2,3)4/h5-6,11H,15H2,1-4H3,(H,16,17). The van der Waals surface area contributed by atoms with Crippen LogP contribution < -0.4 is 5.73 Å². The van der Waals surface area contributed by atoms with Crippen molar-refractivity contribution < 1.29 is 0 Å². The van der Waals surface area contributed by atoms with Crippen LogP contribution in [0.25, 0.3) is 11.0 Å². The van der Waals surface area contributed by atoms with Gasteiger partial charge in [-0.3, -0.25) is 0 Å². The van der Waals surface area contributed by atoms with E-state index in [9.17, 15) is 0 Å². The van der Waals surface area contributed by atoms with Gasteiger partial charge in [-0.15, -0.1) is 0 Å². The molecule has 1 aromatic heterocycles. The lowest BCUT2D eigenvalue weighted by molar-refractivity contribution is 0.317. The number of rotatable bonds is 1. The van der Waals surface area contributed by atoms with Gasteiger partial charge in [0.05, 0.1) is 17.1 Å². The third-order valence-electron chi connectivity index (χ3n) is 2.99. The summed E-state index contributed by atoms with van der Waals surface area (Å²) in [5.41, 5.74) is 9.41. The van der Waals surface area contributed by atoms with E-state index in [0.717, 1.165) is 26.9 Å². The number of H-pyrrole nitrogens is 1. The van der Waals surface area contributed by atoms with Crippen LogP contribution in [0.15, 0.2) is 16.6 Å². The number of hydrogen-bond acceptors (Lipinski definition) is 2. The zero-order valence-electron chi connectivity index (χ0n) is 10.6. The first-order valence-corrected chi connectivity index (χ1v) is 6.49. The molecule has 0 amide bonds. The third kappa shape index (κ3) is 2.38. The van der Waals surface area contributed by atoms with Crippen molar-refractivity contribution in [3.8, 4) is 0 Å². The summed E-state index contributed by atoms with van der Waals surface area (Å²) in [5.74, 6) is 0.855. The van der Waals surface area contributed by atoms with Crippen LogP contribution in [0.4, 0.5) is 0 Å². The van der Waals surface area contributed by atoms with Crippen LogP contribution in [0, 0.1) is 12.3 Å². The van der Waals surface area contributed by atoms with Crippen molar-refractivity contribution in [1.82, 2.24) is 9.97 Å². The number of aromatic amines is 1.